The van der Waals surface area contributed by atoms with Gasteiger partial charge in [-0.2, -0.15) is 9.40 Å². The van der Waals surface area contributed by atoms with Crippen molar-refractivity contribution in [3.63, 3.8) is 0 Å². The van der Waals surface area contributed by atoms with E-state index in [4.69, 9.17) is 0 Å². The van der Waals surface area contributed by atoms with Crippen LogP contribution >= 0.6 is 0 Å². The lowest BCUT2D eigenvalue weighted by molar-refractivity contribution is 0.386. The van der Waals surface area contributed by atoms with Gasteiger partial charge in [0.25, 0.3) is 0 Å². The van der Waals surface area contributed by atoms with Gasteiger partial charge in [-0.05, 0) is 18.7 Å². The molecule has 1 aliphatic rings. The number of nitrogens with zero attached hydrogens (tertiary/aromatic N) is 4. The normalized spacial score (nSPS) is 17.4. The largest absolute Gasteiger partial charge is 0.352 e. The summed E-state index contributed by atoms with van der Waals surface area (Å²) in [7, 11) is -3.09. The molecule has 0 spiro atoms. The Balaban J connectivity index is 1.93. The molecule has 1 aromatic rings. The highest BCUT2D eigenvalue weighted by atomic mass is 32.2. The molecule has 1 fully saturated rings. The third-order valence-electron chi connectivity index (χ3n) is 3.29. The van der Waals surface area contributed by atoms with Gasteiger partial charge in [0.05, 0.1) is 11.9 Å². The van der Waals surface area contributed by atoms with Crippen LogP contribution in [0.5, 0.6) is 0 Å². The topological polar surface area (TPSA) is 78.4 Å². The van der Waals surface area contributed by atoms with E-state index in [0.29, 0.717) is 32.7 Å². The minimum absolute atomic E-state index is 0.500. The Labute approximate surface area is 120 Å². The number of hydrogen-bond donors (Lipinski definition) is 1. The molecule has 0 bridgehead atoms. The zero-order valence-corrected chi connectivity index (χ0v) is 12.7. The molecule has 7 nitrogen and oxygen atoms in total. The zero-order chi connectivity index (χ0) is 14.6. The SMILES string of the molecule is CCNCc1ccc(N2CCN(S(C)(=O)=O)CC2)nn1. The van der Waals surface area contributed by atoms with Gasteiger partial charge in [-0.3, -0.25) is 0 Å². The first kappa shape index (κ1) is 15.1. The molecule has 2 heterocycles. The molecule has 1 aliphatic heterocycles. The molecule has 1 aromatic heterocycles. The summed E-state index contributed by atoms with van der Waals surface area (Å²) < 4.78 is 24.4. The molecule has 0 amide bonds. The van der Waals surface area contributed by atoms with Gasteiger partial charge in [0, 0.05) is 32.7 Å². The van der Waals surface area contributed by atoms with E-state index in [0.717, 1.165) is 18.1 Å². The van der Waals surface area contributed by atoms with Crippen molar-refractivity contribution in [2.75, 3.05) is 43.9 Å². The number of aromatic nitrogens is 2. The van der Waals surface area contributed by atoms with Crippen molar-refractivity contribution in [3.05, 3.63) is 17.8 Å². The molecular formula is C12H21N5O2S. The van der Waals surface area contributed by atoms with Crippen LogP contribution in [0.4, 0.5) is 5.82 Å². The van der Waals surface area contributed by atoms with Gasteiger partial charge in [0.15, 0.2) is 5.82 Å². The predicted octanol–water partition coefficient (Wildman–Crippen LogP) is -0.332. The highest BCUT2D eigenvalue weighted by Gasteiger charge is 2.24. The van der Waals surface area contributed by atoms with Crippen LogP contribution in [-0.2, 0) is 16.6 Å². The summed E-state index contributed by atoms with van der Waals surface area (Å²) in [6.45, 7) is 5.95. The molecule has 1 N–H and O–H groups in total. The van der Waals surface area contributed by atoms with Gasteiger partial charge in [-0.15, -0.1) is 5.10 Å². The maximum Gasteiger partial charge on any atom is 0.211 e. The summed E-state index contributed by atoms with van der Waals surface area (Å²) in [6, 6.07) is 3.89. The van der Waals surface area contributed by atoms with Crippen LogP contribution in [0.15, 0.2) is 12.1 Å². The second kappa shape index (κ2) is 6.47. The molecule has 0 saturated carbocycles. The van der Waals surface area contributed by atoms with Gasteiger partial charge in [-0.25, -0.2) is 8.42 Å². The fraction of sp³-hybridized carbons (Fsp3) is 0.667. The maximum absolute atomic E-state index is 11.4. The molecule has 8 heteroatoms. The van der Waals surface area contributed by atoms with Gasteiger partial charge in [-0.1, -0.05) is 6.92 Å². The molecule has 0 atom stereocenters. The van der Waals surface area contributed by atoms with Crippen LogP contribution in [0, 0.1) is 0 Å². The van der Waals surface area contributed by atoms with Gasteiger partial charge in [0.1, 0.15) is 0 Å². The van der Waals surface area contributed by atoms with E-state index >= 15 is 0 Å². The molecule has 20 heavy (non-hydrogen) atoms. The average molecular weight is 299 g/mol. The van der Waals surface area contributed by atoms with Crippen LogP contribution in [0.3, 0.4) is 0 Å². The molecule has 0 unspecified atom stereocenters. The second-order valence-electron chi connectivity index (χ2n) is 4.81. The lowest BCUT2D eigenvalue weighted by Crippen LogP contribution is -2.48. The number of piperazine rings is 1. The van der Waals surface area contributed by atoms with Crippen LogP contribution in [0.25, 0.3) is 0 Å². The fourth-order valence-corrected chi connectivity index (χ4v) is 2.94. The molecular weight excluding hydrogens is 278 g/mol. The Morgan fingerprint density at radius 3 is 2.40 bits per heavy atom. The Morgan fingerprint density at radius 2 is 1.90 bits per heavy atom. The van der Waals surface area contributed by atoms with E-state index < -0.39 is 10.0 Å². The highest BCUT2D eigenvalue weighted by molar-refractivity contribution is 7.88. The summed E-state index contributed by atoms with van der Waals surface area (Å²) in [6.07, 6.45) is 1.25. The standard InChI is InChI=1S/C12H21N5O2S/c1-3-13-10-11-4-5-12(15-14-11)16-6-8-17(9-7-16)20(2,18)19/h4-5,13H,3,6-10H2,1-2H3. The Hall–Kier alpha value is -1.25. The van der Waals surface area contributed by atoms with E-state index in [1.807, 2.05) is 19.1 Å². The number of rotatable bonds is 5. The number of anilines is 1. The van der Waals surface area contributed by atoms with Crippen molar-refractivity contribution in [3.8, 4) is 0 Å². The van der Waals surface area contributed by atoms with Crippen LogP contribution in [0.2, 0.25) is 0 Å². The number of hydrogen-bond acceptors (Lipinski definition) is 6. The van der Waals surface area contributed by atoms with Gasteiger partial charge in [0.2, 0.25) is 10.0 Å². The number of nitrogens with one attached hydrogen (secondary N) is 1. The first-order valence-corrected chi connectivity index (χ1v) is 8.59. The monoisotopic (exact) mass is 299 g/mol. The lowest BCUT2D eigenvalue weighted by atomic mass is 10.3. The minimum Gasteiger partial charge on any atom is -0.352 e. The molecule has 112 valence electrons. The van der Waals surface area contributed by atoms with Gasteiger partial charge >= 0.3 is 0 Å². The molecule has 0 aliphatic carbocycles. The van der Waals surface area contributed by atoms with Crippen molar-refractivity contribution >= 4 is 15.8 Å². The van der Waals surface area contributed by atoms with E-state index in [9.17, 15) is 8.42 Å². The smallest absolute Gasteiger partial charge is 0.211 e. The second-order valence-corrected chi connectivity index (χ2v) is 6.79. The Bertz CT molecular complexity index is 523. The molecule has 1 saturated heterocycles. The summed E-state index contributed by atoms with van der Waals surface area (Å²) in [5, 5.41) is 11.6. The van der Waals surface area contributed by atoms with E-state index in [1.165, 1.54) is 10.6 Å². The Kier molecular flexibility index (Phi) is 4.90. The number of sulfonamides is 1. The Morgan fingerprint density at radius 1 is 1.20 bits per heavy atom. The quantitative estimate of drug-likeness (QED) is 0.802. The van der Waals surface area contributed by atoms with Crippen LogP contribution < -0.4 is 10.2 Å². The van der Waals surface area contributed by atoms with E-state index in [1.54, 1.807) is 0 Å². The average Bonchev–Trinajstić information content (AvgIpc) is 2.45. The first-order valence-electron chi connectivity index (χ1n) is 6.74. The lowest BCUT2D eigenvalue weighted by Gasteiger charge is -2.33. The third-order valence-corrected chi connectivity index (χ3v) is 4.60. The molecule has 0 aromatic carbocycles. The first-order chi connectivity index (χ1) is 9.50. The fourth-order valence-electron chi connectivity index (χ4n) is 2.12. The molecule has 0 radical (unpaired) electrons. The summed E-state index contributed by atoms with van der Waals surface area (Å²) >= 11 is 0. The van der Waals surface area contributed by atoms with Crippen molar-refractivity contribution in [2.45, 2.75) is 13.5 Å². The molecule has 2 rings (SSSR count). The highest BCUT2D eigenvalue weighted by Crippen LogP contribution is 2.14. The third kappa shape index (κ3) is 3.87. The van der Waals surface area contributed by atoms with Crippen LogP contribution in [-0.4, -0.2) is 61.9 Å². The zero-order valence-electron chi connectivity index (χ0n) is 11.9. The van der Waals surface area contributed by atoms with Crippen LogP contribution in [0.1, 0.15) is 12.6 Å². The van der Waals surface area contributed by atoms with Crippen molar-refractivity contribution in [1.29, 1.82) is 0 Å². The van der Waals surface area contributed by atoms with E-state index in [-0.39, 0.29) is 0 Å². The van der Waals surface area contributed by atoms with Crippen molar-refractivity contribution in [2.24, 2.45) is 0 Å². The predicted molar refractivity (Wildman–Crippen MR) is 78.0 cm³/mol. The summed E-state index contributed by atoms with van der Waals surface area (Å²) in [4.78, 5) is 2.06. The van der Waals surface area contributed by atoms with E-state index in [2.05, 4.69) is 20.4 Å². The van der Waals surface area contributed by atoms with Crippen molar-refractivity contribution < 1.29 is 8.42 Å². The summed E-state index contributed by atoms with van der Waals surface area (Å²) in [5.74, 6) is 0.804. The summed E-state index contributed by atoms with van der Waals surface area (Å²) in [5.41, 5.74) is 0.908. The minimum atomic E-state index is -3.09. The maximum atomic E-state index is 11.4. The van der Waals surface area contributed by atoms with Gasteiger partial charge < -0.3 is 10.2 Å². The van der Waals surface area contributed by atoms with Crippen molar-refractivity contribution in [1.82, 2.24) is 19.8 Å².